The zero-order chi connectivity index (χ0) is 17.1. The zero-order valence-electron chi connectivity index (χ0n) is 13.9. The average molecular weight is 348 g/mol. The molecule has 1 aromatic carbocycles. The van der Waals surface area contributed by atoms with E-state index >= 15 is 0 Å². The molecule has 1 aliphatic rings. The number of hydrogen-bond acceptors (Lipinski definition) is 4. The third-order valence-corrected chi connectivity index (χ3v) is 4.55. The minimum Gasteiger partial charge on any atom is -0.369 e. The van der Waals surface area contributed by atoms with Gasteiger partial charge in [-0.15, -0.1) is 0 Å². The van der Waals surface area contributed by atoms with E-state index in [2.05, 4.69) is 20.6 Å². The molecule has 1 fully saturated rings. The number of benzene rings is 1. The first kappa shape index (κ1) is 16.8. The van der Waals surface area contributed by atoms with Gasteiger partial charge in [-0.2, -0.15) is 5.10 Å². The van der Waals surface area contributed by atoms with E-state index in [0.29, 0.717) is 0 Å². The maximum absolute atomic E-state index is 12.6. The van der Waals surface area contributed by atoms with Gasteiger partial charge in [-0.25, -0.2) is 0 Å². The summed E-state index contributed by atoms with van der Waals surface area (Å²) in [7, 11) is 3.62. The molecule has 1 saturated heterocycles. The van der Waals surface area contributed by atoms with E-state index in [1.54, 1.807) is 17.9 Å². The van der Waals surface area contributed by atoms with E-state index in [-0.39, 0.29) is 18.0 Å². The number of carbonyl (C=O) groups excluding carboxylic acids is 1. The maximum Gasteiger partial charge on any atom is 0.242 e. The molecule has 3 rings (SSSR count). The molecule has 2 unspecified atom stereocenters. The predicted octanol–water partition coefficient (Wildman–Crippen LogP) is 1.73. The number of likely N-dealkylation sites (N-methyl/N-ethyl adjacent to an activating group) is 1. The Hall–Kier alpha value is -2.05. The third-order valence-electron chi connectivity index (χ3n) is 4.32. The van der Waals surface area contributed by atoms with Gasteiger partial charge in [0.2, 0.25) is 5.91 Å². The maximum atomic E-state index is 12.6. The topological polar surface area (TPSA) is 62.2 Å². The second kappa shape index (κ2) is 7.23. The molecule has 2 N–H and O–H groups in total. The van der Waals surface area contributed by atoms with E-state index in [1.807, 2.05) is 37.5 Å². The second-order valence-electron chi connectivity index (χ2n) is 6.09. The van der Waals surface area contributed by atoms with Crippen molar-refractivity contribution in [3.05, 3.63) is 47.2 Å². The van der Waals surface area contributed by atoms with Crippen LogP contribution >= 0.6 is 11.6 Å². The number of nitrogens with zero attached hydrogens (tertiary/aromatic N) is 3. The Bertz CT molecular complexity index is 717. The van der Waals surface area contributed by atoms with Gasteiger partial charge in [0.05, 0.1) is 6.20 Å². The van der Waals surface area contributed by atoms with Gasteiger partial charge in [0.25, 0.3) is 0 Å². The molecule has 0 radical (unpaired) electrons. The number of carbonyl (C=O) groups is 1. The van der Waals surface area contributed by atoms with Crippen LogP contribution in [0.4, 0.5) is 5.69 Å². The van der Waals surface area contributed by atoms with Crippen molar-refractivity contribution in [2.24, 2.45) is 7.05 Å². The number of nitrogens with one attached hydrogen (secondary N) is 2. The van der Waals surface area contributed by atoms with Crippen LogP contribution in [0.2, 0.25) is 5.02 Å². The summed E-state index contributed by atoms with van der Waals surface area (Å²) in [5.41, 5.74) is 1.96. The Balaban J connectivity index is 1.61. The first-order chi connectivity index (χ1) is 11.6. The van der Waals surface area contributed by atoms with E-state index in [4.69, 9.17) is 11.6 Å². The summed E-state index contributed by atoms with van der Waals surface area (Å²) in [6.07, 6.45) is 4.49. The van der Waals surface area contributed by atoms with Gasteiger partial charge in [0, 0.05) is 48.6 Å². The van der Waals surface area contributed by atoms with Crippen LogP contribution in [0.1, 0.15) is 18.0 Å². The van der Waals surface area contributed by atoms with Gasteiger partial charge >= 0.3 is 0 Å². The summed E-state index contributed by atoms with van der Waals surface area (Å²) < 4.78 is 1.70. The lowest BCUT2D eigenvalue weighted by Gasteiger charge is -2.21. The molecule has 1 aromatic heterocycles. The summed E-state index contributed by atoms with van der Waals surface area (Å²) in [5, 5.41) is 11.1. The first-order valence-electron chi connectivity index (χ1n) is 8.03. The first-order valence-corrected chi connectivity index (χ1v) is 8.41. The quantitative estimate of drug-likeness (QED) is 0.864. The monoisotopic (exact) mass is 347 g/mol. The van der Waals surface area contributed by atoms with Crippen molar-refractivity contribution < 1.29 is 4.79 Å². The SMILES string of the molecule is CNC(C(=O)NC1CCN(c2cccc(Cl)c2)C1)c1cnn(C)c1. The van der Waals surface area contributed by atoms with Crippen molar-refractivity contribution in [3.63, 3.8) is 0 Å². The van der Waals surface area contributed by atoms with Crippen molar-refractivity contribution in [1.29, 1.82) is 0 Å². The van der Waals surface area contributed by atoms with E-state index in [9.17, 15) is 4.79 Å². The fraction of sp³-hybridized carbons (Fsp3) is 0.412. The van der Waals surface area contributed by atoms with E-state index in [1.165, 1.54) is 0 Å². The summed E-state index contributed by atoms with van der Waals surface area (Å²) in [6, 6.07) is 7.55. The Labute approximate surface area is 146 Å². The lowest BCUT2D eigenvalue weighted by Crippen LogP contribution is -2.43. The number of hydrogen-bond donors (Lipinski definition) is 2. The van der Waals surface area contributed by atoms with E-state index < -0.39 is 0 Å². The van der Waals surface area contributed by atoms with Crippen LogP contribution < -0.4 is 15.5 Å². The van der Waals surface area contributed by atoms with Crippen LogP contribution in [0, 0.1) is 0 Å². The van der Waals surface area contributed by atoms with Gasteiger partial charge < -0.3 is 15.5 Å². The van der Waals surface area contributed by atoms with Crippen molar-refractivity contribution in [2.45, 2.75) is 18.5 Å². The lowest BCUT2D eigenvalue weighted by molar-refractivity contribution is -0.123. The minimum absolute atomic E-state index is 0.0246. The van der Waals surface area contributed by atoms with Crippen LogP contribution in [0.25, 0.3) is 0 Å². The number of aromatic nitrogens is 2. The van der Waals surface area contributed by atoms with Crippen LogP contribution in [-0.2, 0) is 11.8 Å². The standard InChI is InChI=1S/C17H22ClN5O/c1-19-16(12-9-20-22(2)10-12)17(24)21-14-6-7-23(11-14)15-5-3-4-13(18)8-15/h3-5,8-10,14,16,19H,6-7,11H2,1-2H3,(H,21,24). The van der Waals surface area contributed by atoms with Gasteiger partial charge in [-0.05, 0) is 31.7 Å². The van der Waals surface area contributed by atoms with Gasteiger partial charge in [0.15, 0.2) is 0 Å². The molecule has 128 valence electrons. The largest absolute Gasteiger partial charge is 0.369 e. The Morgan fingerprint density at radius 1 is 1.46 bits per heavy atom. The number of rotatable bonds is 5. The molecule has 0 aliphatic carbocycles. The number of halogens is 1. The fourth-order valence-electron chi connectivity index (χ4n) is 3.11. The molecular formula is C17H22ClN5O. The second-order valence-corrected chi connectivity index (χ2v) is 6.53. The normalized spacial score (nSPS) is 18.6. The molecule has 2 heterocycles. The molecule has 0 bridgehead atoms. The number of aryl methyl sites for hydroxylation is 1. The van der Waals surface area contributed by atoms with E-state index in [0.717, 1.165) is 35.8 Å². The van der Waals surface area contributed by atoms with Crippen molar-refractivity contribution in [3.8, 4) is 0 Å². The van der Waals surface area contributed by atoms with Crippen LogP contribution in [0.15, 0.2) is 36.7 Å². The summed E-state index contributed by atoms with van der Waals surface area (Å²) in [6.45, 7) is 1.69. The van der Waals surface area contributed by atoms with Crippen LogP contribution in [0.3, 0.4) is 0 Å². The molecule has 1 aliphatic heterocycles. The predicted molar refractivity (Wildman–Crippen MR) is 95.2 cm³/mol. The molecule has 7 heteroatoms. The van der Waals surface area contributed by atoms with Gasteiger partial charge in [-0.1, -0.05) is 17.7 Å². The third kappa shape index (κ3) is 3.71. The van der Waals surface area contributed by atoms with Gasteiger partial charge in [0.1, 0.15) is 6.04 Å². The summed E-state index contributed by atoms with van der Waals surface area (Å²) >= 11 is 6.06. The van der Waals surface area contributed by atoms with Crippen LogP contribution in [-0.4, -0.2) is 41.9 Å². The molecular weight excluding hydrogens is 326 g/mol. The Kier molecular flexibility index (Phi) is 5.06. The molecule has 24 heavy (non-hydrogen) atoms. The molecule has 2 aromatic rings. The van der Waals surface area contributed by atoms with Crippen molar-refractivity contribution in [2.75, 3.05) is 25.0 Å². The lowest BCUT2D eigenvalue weighted by atomic mass is 10.1. The fourth-order valence-corrected chi connectivity index (χ4v) is 3.29. The highest BCUT2D eigenvalue weighted by Gasteiger charge is 2.27. The zero-order valence-corrected chi connectivity index (χ0v) is 14.6. The molecule has 1 amide bonds. The Morgan fingerprint density at radius 3 is 2.96 bits per heavy atom. The van der Waals surface area contributed by atoms with Crippen molar-refractivity contribution >= 4 is 23.2 Å². The Morgan fingerprint density at radius 2 is 2.29 bits per heavy atom. The molecule has 2 atom stereocenters. The highest BCUT2D eigenvalue weighted by atomic mass is 35.5. The number of anilines is 1. The molecule has 6 nitrogen and oxygen atoms in total. The van der Waals surface area contributed by atoms with Gasteiger partial charge in [-0.3, -0.25) is 9.48 Å². The highest BCUT2D eigenvalue weighted by Crippen LogP contribution is 2.24. The van der Waals surface area contributed by atoms with Crippen molar-refractivity contribution in [1.82, 2.24) is 20.4 Å². The smallest absolute Gasteiger partial charge is 0.242 e. The van der Waals surface area contributed by atoms with Crippen LogP contribution in [0.5, 0.6) is 0 Å². The summed E-state index contributed by atoms with van der Waals surface area (Å²) in [5.74, 6) is -0.0246. The summed E-state index contributed by atoms with van der Waals surface area (Å²) in [4.78, 5) is 14.8. The molecule has 0 saturated carbocycles. The molecule has 0 spiro atoms. The minimum atomic E-state index is -0.390. The number of amides is 1. The average Bonchev–Trinajstić information content (AvgIpc) is 3.18. The highest BCUT2D eigenvalue weighted by molar-refractivity contribution is 6.30.